The summed E-state index contributed by atoms with van der Waals surface area (Å²) < 4.78 is 13.9. The third-order valence-electron chi connectivity index (χ3n) is 2.72. The van der Waals surface area contributed by atoms with Gasteiger partial charge in [-0.25, -0.2) is 4.39 Å². The summed E-state index contributed by atoms with van der Waals surface area (Å²) >= 11 is 3.31. The minimum atomic E-state index is -0.159. The largest absolute Gasteiger partial charge is 0.316 e. The lowest BCUT2D eigenvalue weighted by atomic mass is 9.92. The highest BCUT2D eigenvalue weighted by Gasteiger charge is 2.18. The molecule has 1 saturated heterocycles. The molecule has 2 rings (SSSR count). The first-order valence-corrected chi connectivity index (χ1v) is 5.73. The molecule has 14 heavy (non-hydrogen) atoms. The molecular formula is C11H13BrFN. The Hall–Kier alpha value is -0.410. The molecule has 1 heterocycles. The summed E-state index contributed by atoms with van der Waals surface area (Å²) in [6, 6.07) is 5.28. The van der Waals surface area contributed by atoms with E-state index in [1.165, 1.54) is 12.5 Å². The predicted molar refractivity (Wildman–Crippen MR) is 58.9 cm³/mol. The van der Waals surface area contributed by atoms with E-state index in [-0.39, 0.29) is 5.82 Å². The number of hydrogen-bond donors (Lipinski definition) is 1. The Balaban J connectivity index is 2.26. The minimum absolute atomic E-state index is 0.159. The van der Waals surface area contributed by atoms with Crippen molar-refractivity contribution in [1.29, 1.82) is 0 Å². The van der Waals surface area contributed by atoms with Gasteiger partial charge in [0.05, 0.1) is 4.47 Å². The van der Waals surface area contributed by atoms with E-state index in [1.54, 1.807) is 6.07 Å². The molecular weight excluding hydrogens is 245 g/mol. The molecule has 0 saturated carbocycles. The van der Waals surface area contributed by atoms with Crippen LogP contribution in [0.15, 0.2) is 22.7 Å². The van der Waals surface area contributed by atoms with Crippen molar-refractivity contribution >= 4 is 15.9 Å². The van der Waals surface area contributed by atoms with Crippen LogP contribution in [-0.2, 0) is 0 Å². The number of benzene rings is 1. The normalized spacial score (nSPS) is 22.3. The van der Waals surface area contributed by atoms with Gasteiger partial charge in [-0.3, -0.25) is 0 Å². The number of halogens is 2. The minimum Gasteiger partial charge on any atom is -0.316 e. The standard InChI is InChI=1S/C11H13BrFN/c12-11-9(4-1-5-10(11)13)8-3-2-6-14-7-8/h1,4-5,8,14H,2-3,6-7H2/t8-/m0/s1. The zero-order valence-corrected chi connectivity index (χ0v) is 9.48. The molecule has 0 unspecified atom stereocenters. The van der Waals surface area contributed by atoms with E-state index in [4.69, 9.17) is 0 Å². The Labute approximate surface area is 91.8 Å². The lowest BCUT2D eigenvalue weighted by Crippen LogP contribution is -2.28. The SMILES string of the molecule is Fc1cccc([C@H]2CCCNC2)c1Br. The zero-order chi connectivity index (χ0) is 9.97. The van der Waals surface area contributed by atoms with Crippen molar-refractivity contribution < 1.29 is 4.39 Å². The summed E-state index contributed by atoms with van der Waals surface area (Å²) in [4.78, 5) is 0. The van der Waals surface area contributed by atoms with Crippen LogP contribution in [0.5, 0.6) is 0 Å². The Kier molecular flexibility index (Phi) is 3.19. The van der Waals surface area contributed by atoms with Crippen LogP contribution in [-0.4, -0.2) is 13.1 Å². The van der Waals surface area contributed by atoms with E-state index in [0.29, 0.717) is 10.4 Å². The molecule has 1 aliphatic heterocycles. The third kappa shape index (κ3) is 1.98. The molecule has 0 radical (unpaired) electrons. The van der Waals surface area contributed by atoms with Crippen LogP contribution in [0, 0.1) is 5.82 Å². The van der Waals surface area contributed by atoms with Gasteiger partial charge >= 0.3 is 0 Å². The van der Waals surface area contributed by atoms with Gasteiger partial charge in [-0.1, -0.05) is 12.1 Å². The first-order chi connectivity index (χ1) is 6.79. The number of piperidine rings is 1. The highest BCUT2D eigenvalue weighted by atomic mass is 79.9. The van der Waals surface area contributed by atoms with Crippen LogP contribution >= 0.6 is 15.9 Å². The Morgan fingerprint density at radius 1 is 1.43 bits per heavy atom. The van der Waals surface area contributed by atoms with Crippen LogP contribution in [0.25, 0.3) is 0 Å². The molecule has 1 aromatic rings. The summed E-state index contributed by atoms with van der Waals surface area (Å²) in [5.74, 6) is 0.293. The first kappa shape index (κ1) is 10.1. The average molecular weight is 258 g/mol. The average Bonchev–Trinajstić information content (AvgIpc) is 2.23. The van der Waals surface area contributed by atoms with Gasteiger partial charge in [-0.15, -0.1) is 0 Å². The molecule has 0 bridgehead atoms. The topological polar surface area (TPSA) is 12.0 Å². The fourth-order valence-corrected chi connectivity index (χ4v) is 2.54. The van der Waals surface area contributed by atoms with Gasteiger partial charge in [-0.05, 0) is 52.9 Å². The van der Waals surface area contributed by atoms with Crippen molar-refractivity contribution in [2.75, 3.05) is 13.1 Å². The lowest BCUT2D eigenvalue weighted by molar-refractivity contribution is 0.458. The van der Waals surface area contributed by atoms with E-state index < -0.39 is 0 Å². The van der Waals surface area contributed by atoms with E-state index in [9.17, 15) is 4.39 Å². The Morgan fingerprint density at radius 3 is 3.00 bits per heavy atom. The van der Waals surface area contributed by atoms with Gasteiger partial charge in [-0.2, -0.15) is 0 Å². The molecule has 1 atom stereocenters. The summed E-state index contributed by atoms with van der Waals surface area (Å²) in [7, 11) is 0. The lowest BCUT2D eigenvalue weighted by Gasteiger charge is -2.24. The summed E-state index contributed by atoms with van der Waals surface area (Å²) in [5, 5.41) is 3.34. The molecule has 76 valence electrons. The second-order valence-electron chi connectivity index (χ2n) is 3.69. The number of hydrogen-bond acceptors (Lipinski definition) is 1. The molecule has 0 spiro atoms. The molecule has 1 fully saturated rings. The van der Waals surface area contributed by atoms with Gasteiger partial charge in [0, 0.05) is 6.54 Å². The van der Waals surface area contributed by atoms with E-state index in [1.807, 2.05) is 6.07 Å². The third-order valence-corrected chi connectivity index (χ3v) is 3.55. The van der Waals surface area contributed by atoms with E-state index in [2.05, 4.69) is 21.2 Å². The van der Waals surface area contributed by atoms with Crippen LogP contribution in [0.2, 0.25) is 0 Å². The first-order valence-electron chi connectivity index (χ1n) is 4.93. The quantitative estimate of drug-likeness (QED) is 0.816. The smallest absolute Gasteiger partial charge is 0.137 e. The van der Waals surface area contributed by atoms with Crippen LogP contribution in [0.3, 0.4) is 0 Å². The van der Waals surface area contributed by atoms with Gasteiger partial charge in [0.1, 0.15) is 5.82 Å². The zero-order valence-electron chi connectivity index (χ0n) is 7.89. The maximum absolute atomic E-state index is 13.3. The molecule has 1 aromatic carbocycles. The monoisotopic (exact) mass is 257 g/mol. The highest BCUT2D eigenvalue weighted by molar-refractivity contribution is 9.10. The van der Waals surface area contributed by atoms with Crippen molar-refractivity contribution in [3.8, 4) is 0 Å². The highest BCUT2D eigenvalue weighted by Crippen LogP contribution is 2.31. The maximum Gasteiger partial charge on any atom is 0.137 e. The summed E-state index contributed by atoms with van der Waals surface area (Å²) in [6.45, 7) is 2.05. The fourth-order valence-electron chi connectivity index (χ4n) is 1.95. The molecule has 0 aliphatic carbocycles. The summed E-state index contributed by atoms with van der Waals surface area (Å²) in [6.07, 6.45) is 2.32. The van der Waals surface area contributed by atoms with Crippen LogP contribution in [0.1, 0.15) is 24.3 Å². The predicted octanol–water partition coefficient (Wildman–Crippen LogP) is 3.06. The van der Waals surface area contributed by atoms with E-state index in [0.717, 1.165) is 25.1 Å². The van der Waals surface area contributed by atoms with Crippen LogP contribution in [0.4, 0.5) is 4.39 Å². The van der Waals surface area contributed by atoms with Gasteiger partial charge in [0.25, 0.3) is 0 Å². The molecule has 1 aliphatic rings. The molecule has 1 N–H and O–H groups in total. The molecule has 3 heteroatoms. The number of rotatable bonds is 1. The number of nitrogens with one attached hydrogen (secondary N) is 1. The Morgan fingerprint density at radius 2 is 2.29 bits per heavy atom. The van der Waals surface area contributed by atoms with Gasteiger partial charge < -0.3 is 5.32 Å². The van der Waals surface area contributed by atoms with Crippen molar-refractivity contribution in [1.82, 2.24) is 5.32 Å². The maximum atomic E-state index is 13.3. The second kappa shape index (κ2) is 4.41. The van der Waals surface area contributed by atoms with Crippen molar-refractivity contribution in [3.05, 3.63) is 34.1 Å². The fraction of sp³-hybridized carbons (Fsp3) is 0.455. The van der Waals surface area contributed by atoms with Crippen molar-refractivity contribution in [2.45, 2.75) is 18.8 Å². The molecule has 1 nitrogen and oxygen atoms in total. The molecule has 0 aromatic heterocycles. The Bertz CT molecular complexity index is 321. The second-order valence-corrected chi connectivity index (χ2v) is 4.48. The molecule has 0 amide bonds. The van der Waals surface area contributed by atoms with E-state index >= 15 is 0 Å². The van der Waals surface area contributed by atoms with Gasteiger partial charge in [0.15, 0.2) is 0 Å². The van der Waals surface area contributed by atoms with Crippen molar-refractivity contribution in [2.24, 2.45) is 0 Å². The van der Waals surface area contributed by atoms with Crippen LogP contribution < -0.4 is 5.32 Å². The summed E-state index contributed by atoms with van der Waals surface area (Å²) in [5.41, 5.74) is 1.09. The van der Waals surface area contributed by atoms with Gasteiger partial charge in [0.2, 0.25) is 0 Å². The van der Waals surface area contributed by atoms with Crippen molar-refractivity contribution in [3.63, 3.8) is 0 Å².